The van der Waals surface area contributed by atoms with Crippen LogP contribution in [0.4, 0.5) is 11.5 Å². The summed E-state index contributed by atoms with van der Waals surface area (Å²) >= 11 is 0. The van der Waals surface area contributed by atoms with Crippen molar-refractivity contribution < 1.29 is 0 Å². The van der Waals surface area contributed by atoms with Crippen molar-refractivity contribution in [2.75, 3.05) is 5.32 Å². The van der Waals surface area contributed by atoms with E-state index in [4.69, 9.17) is 5.26 Å². The van der Waals surface area contributed by atoms with Crippen LogP contribution in [0.15, 0.2) is 36.4 Å². The molecule has 0 spiro atoms. The minimum atomic E-state index is 0.625. The number of nitrogens with zero attached hydrogens (tertiary/aromatic N) is 2. The third kappa shape index (κ3) is 3.83. The summed E-state index contributed by atoms with van der Waals surface area (Å²) in [5.41, 5.74) is 3.81. The lowest BCUT2D eigenvalue weighted by Gasteiger charge is -2.08. The van der Waals surface area contributed by atoms with Gasteiger partial charge >= 0.3 is 0 Å². The molecular formula is C17H19N3. The van der Waals surface area contributed by atoms with Gasteiger partial charge in [0.1, 0.15) is 5.82 Å². The van der Waals surface area contributed by atoms with Crippen molar-refractivity contribution in [3.8, 4) is 6.07 Å². The average Bonchev–Trinajstić information content (AvgIpc) is 2.46. The van der Waals surface area contributed by atoms with Crippen LogP contribution in [0.5, 0.6) is 0 Å². The third-order valence-electron chi connectivity index (χ3n) is 3.13. The van der Waals surface area contributed by atoms with Gasteiger partial charge in [-0.05, 0) is 49.6 Å². The summed E-state index contributed by atoms with van der Waals surface area (Å²) in [4.78, 5) is 4.39. The highest BCUT2D eigenvalue weighted by molar-refractivity contribution is 5.58. The van der Waals surface area contributed by atoms with E-state index in [1.54, 1.807) is 12.1 Å². The highest BCUT2D eigenvalue weighted by Gasteiger charge is 2.01. The van der Waals surface area contributed by atoms with E-state index in [9.17, 15) is 0 Å². The van der Waals surface area contributed by atoms with Gasteiger partial charge in [0, 0.05) is 11.4 Å². The lowest BCUT2D eigenvalue weighted by molar-refractivity contribution is 0.795. The van der Waals surface area contributed by atoms with E-state index in [1.807, 2.05) is 6.92 Å². The first-order valence-corrected chi connectivity index (χ1v) is 6.96. The smallest absolute Gasteiger partial charge is 0.131 e. The molecule has 20 heavy (non-hydrogen) atoms. The van der Waals surface area contributed by atoms with E-state index in [0.717, 1.165) is 17.8 Å². The molecule has 0 amide bonds. The number of nitrogens with one attached hydrogen (secondary N) is 1. The first kappa shape index (κ1) is 14.1. The summed E-state index contributed by atoms with van der Waals surface area (Å²) < 4.78 is 0. The second-order valence-electron chi connectivity index (χ2n) is 4.92. The van der Waals surface area contributed by atoms with Gasteiger partial charge in [0.15, 0.2) is 0 Å². The standard InChI is InChI=1S/C17H19N3/c1-3-4-5-14-6-8-16(9-7-14)20-17-11-15(12-18)10-13(2)19-17/h6-11H,3-5H2,1-2H3,(H,19,20). The molecule has 0 fully saturated rings. The van der Waals surface area contributed by atoms with Gasteiger partial charge in [-0.3, -0.25) is 0 Å². The number of aryl methyl sites for hydroxylation is 2. The molecule has 0 aliphatic rings. The maximum Gasteiger partial charge on any atom is 0.131 e. The van der Waals surface area contributed by atoms with Crippen molar-refractivity contribution >= 4 is 11.5 Å². The highest BCUT2D eigenvalue weighted by Crippen LogP contribution is 2.18. The Labute approximate surface area is 120 Å². The van der Waals surface area contributed by atoms with Gasteiger partial charge in [-0.25, -0.2) is 4.98 Å². The highest BCUT2D eigenvalue weighted by atomic mass is 15.0. The molecule has 0 saturated carbocycles. The van der Waals surface area contributed by atoms with Crippen LogP contribution in [-0.2, 0) is 6.42 Å². The predicted molar refractivity (Wildman–Crippen MR) is 82.0 cm³/mol. The molecule has 1 aromatic carbocycles. The van der Waals surface area contributed by atoms with Crippen LogP contribution >= 0.6 is 0 Å². The van der Waals surface area contributed by atoms with Crippen molar-refractivity contribution in [2.24, 2.45) is 0 Å². The molecule has 3 nitrogen and oxygen atoms in total. The van der Waals surface area contributed by atoms with Gasteiger partial charge in [-0.2, -0.15) is 5.26 Å². The molecule has 0 aliphatic heterocycles. The number of pyridine rings is 1. The molecule has 2 rings (SSSR count). The summed E-state index contributed by atoms with van der Waals surface area (Å²) in [7, 11) is 0. The molecule has 0 aliphatic carbocycles. The summed E-state index contributed by atoms with van der Waals surface area (Å²) in [5.74, 6) is 0.711. The first-order chi connectivity index (χ1) is 9.71. The fourth-order valence-corrected chi connectivity index (χ4v) is 2.08. The number of unbranched alkanes of at least 4 members (excludes halogenated alkanes) is 1. The maximum atomic E-state index is 8.97. The molecule has 0 bridgehead atoms. The summed E-state index contributed by atoms with van der Waals surface area (Å²) in [6, 6.07) is 14.1. The van der Waals surface area contributed by atoms with Gasteiger partial charge in [0.25, 0.3) is 0 Å². The van der Waals surface area contributed by atoms with Gasteiger partial charge in [-0.1, -0.05) is 25.5 Å². The SMILES string of the molecule is CCCCc1ccc(Nc2cc(C#N)cc(C)n2)cc1. The molecule has 2 aromatic rings. The van der Waals surface area contributed by atoms with Crippen molar-refractivity contribution in [1.29, 1.82) is 5.26 Å². The lowest BCUT2D eigenvalue weighted by atomic mass is 10.1. The third-order valence-corrected chi connectivity index (χ3v) is 3.13. The summed E-state index contributed by atoms with van der Waals surface area (Å²) in [5, 5.41) is 12.2. The molecule has 0 radical (unpaired) electrons. The maximum absolute atomic E-state index is 8.97. The number of hydrogen-bond donors (Lipinski definition) is 1. The number of rotatable bonds is 5. The van der Waals surface area contributed by atoms with Crippen LogP contribution in [0, 0.1) is 18.3 Å². The number of nitriles is 1. The van der Waals surface area contributed by atoms with E-state index < -0.39 is 0 Å². The molecule has 1 aromatic heterocycles. The Kier molecular flexibility index (Phi) is 4.73. The molecule has 1 heterocycles. The van der Waals surface area contributed by atoms with Crippen LogP contribution in [0.3, 0.4) is 0 Å². The minimum absolute atomic E-state index is 0.625. The van der Waals surface area contributed by atoms with Gasteiger partial charge in [0.2, 0.25) is 0 Å². The van der Waals surface area contributed by atoms with Crippen LogP contribution in [0.25, 0.3) is 0 Å². The lowest BCUT2D eigenvalue weighted by Crippen LogP contribution is -1.96. The van der Waals surface area contributed by atoms with Crippen molar-refractivity contribution in [3.05, 3.63) is 53.2 Å². The van der Waals surface area contributed by atoms with Crippen molar-refractivity contribution in [1.82, 2.24) is 4.98 Å². The molecule has 102 valence electrons. The monoisotopic (exact) mass is 265 g/mol. The Balaban J connectivity index is 2.10. The van der Waals surface area contributed by atoms with Crippen molar-refractivity contribution in [2.45, 2.75) is 33.1 Å². The molecule has 0 atom stereocenters. The van der Waals surface area contributed by atoms with Crippen molar-refractivity contribution in [3.63, 3.8) is 0 Å². The van der Waals surface area contributed by atoms with Crippen LogP contribution in [-0.4, -0.2) is 4.98 Å². The topological polar surface area (TPSA) is 48.7 Å². The Morgan fingerprint density at radius 3 is 2.60 bits per heavy atom. The van der Waals surface area contributed by atoms with Crippen LogP contribution in [0.1, 0.15) is 36.6 Å². The molecule has 0 saturated heterocycles. The fraction of sp³-hybridized carbons (Fsp3) is 0.294. The second kappa shape index (κ2) is 6.72. The first-order valence-electron chi connectivity index (χ1n) is 6.96. The number of benzene rings is 1. The Morgan fingerprint density at radius 2 is 1.95 bits per heavy atom. The molecule has 3 heteroatoms. The number of anilines is 2. The summed E-state index contributed by atoms with van der Waals surface area (Å²) in [6.07, 6.45) is 3.56. The van der Waals surface area contributed by atoms with Gasteiger partial charge in [-0.15, -0.1) is 0 Å². The molecular weight excluding hydrogens is 246 g/mol. The van der Waals surface area contributed by atoms with E-state index in [-0.39, 0.29) is 0 Å². The summed E-state index contributed by atoms with van der Waals surface area (Å²) in [6.45, 7) is 4.09. The fourth-order valence-electron chi connectivity index (χ4n) is 2.08. The van der Waals surface area contributed by atoms with Crippen LogP contribution < -0.4 is 5.32 Å². The molecule has 1 N–H and O–H groups in total. The van der Waals surface area contributed by atoms with E-state index in [1.165, 1.54) is 18.4 Å². The molecule has 0 unspecified atom stereocenters. The Morgan fingerprint density at radius 1 is 1.20 bits per heavy atom. The largest absolute Gasteiger partial charge is 0.340 e. The quantitative estimate of drug-likeness (QED) is 0.874. The van der Waals surface area contributed by atoms with Gasteiger partial charge < -0.3 is 5.32 Å². The van der Waals surface area contributed by atoms with E-state index in [0.29, 0.717) is 11.4 Å². The van der Waals surface area contributed by atoms with E-state index in [2.05, 4.69) is 47.6 Å². The number of hydrogen-bond acceptors (Lipinski definition) is 3. The minimum Gasteiger partial charge on any atom is -0.340 e. The van der Waals surface area contributed by atoms with Crippen LogP contribution in [0.2, 0.25) is 0 Å². The Hall–Kier alpha value is -2.34. The zero-order valence-corrected chi connectivity index (χ0v) is 12.0. The Bertz CT molecular complexity index is 609. The normalized spacial score (nSPS) is 10.1. The average molecular weight is 265 g/mol. The zero-order valence-electron chi connectivity index (χ0n) is 12.0. The number of aromatic nitrogens is 1. The predicted octanol–water partition coefficient (Wildman–Crippen LogP) is 4.35. The van der Waals surface area contributed by atoms with E-state index >= 15 is 0 Å². The van der Waals surface area contributed by atoms with Gasteiger partial charge in [0.05, 0.1) is 11.6 Å². The second-order valence-corrected chi connectivity index (χ2v) is 4.92. The zero-order chi connectivity index (χ0) is 14.4.